The molecule has 3 rings (SSSR count). The van der Waals surface area contributed by atoms with Crippen LogP contribution in [0.15, 0.2) is 23.6 Å². The van der Waals surface area contributed by atoms with Crippen molar-refractivity contribution in [2.75, 3.05) is 39.9 Å². The van der Waals surface area contributed by atoms with Crippen LogP contribution in [-0.2, 0) is 16.1 Å². The second-order valence-electron chi connectivity index (χ2n) is 6.54. The minimum atomic E-state index is 0.0909. The number of oxime groups is 1. The molecule has 0 spiro atoms. The number of likely N-dealkylation sites (tertiary alicyclic amines) is 1. The van der Waals surface area contributed by atoms with Crippen molar-refractivity contribution in [2.45, 2.75) is 38.3 Å². The Labute approximate surface area is 149 Å². The maximum atomic E-state index is 5.99. The number of pyridine rings is 1. The monoisotopic (exact) mass is 348 g/mol. The van der Waals surface area contributed by atoms with E-state index in [0.717, 1.165) is 30.9 Å². The smallest absolute Gasteiger partial charge is 0.227 e. The molecule has 3 heterocycles. The second kappa shape index (κ2) is 9.58. The Kier molecular flexibility index (Phi) is 6.88. The van der Waals surface area contributed by atoms with Crippen LogP contribution in [0.3, 0.4) is 0 Å². The average Bonchev–Trinajstić information content (AvgIpc) is 2.67. The summed E-state index contributed by atoms with van der Waals surface area (Å²) in [4.78, 5) is 12.0. The van der Waals surface area contributed by atoms with Gasteiger partial charge in [0.1, 0.15) is 11.9 Å². The van der Waals surface area contributed by atoms with Crippen LogP contribution in [0.5, 0.6) is 5.75 Å². The first-order valence-electron chi connectivity index (χ1n) is 9.10. The van der Waals surface area contributed by atoms with Gasteiger partial charge in [0.2, 0.25) is 5.90 Å². The van der Waals surface area contributed by atoms with Crippen LogP contribution in [-0.4, -0.2) is 61.8 Å². The van der Waals surface area contributed by atoms with Gasteiger partial charge in [-0.15, -0.1) is 0 Å². The van der Waals surface area contributed by atoms with Crippen LogP contribution in [0, 0.1) is 0 Å². The second-order valence-corrected chi connectivity index (χ2v) is 6.54. The van der Waals surface area contributed by atoms with Crippen LogP contribution in [0.1, 0.15) is 31.2 Å². The summed E-state index contributed by atoms with van der Waals surface area (Å²) in [5.74, 6) is 1.46. The lowest BCUT2D eigenvalue weighted by Crippen LogP contribution is -2.42. The Morgan fingerprint density at radius 1 is 1.28 bits per heavy atom. The molecule has 0 saturated carbocycles. The van der Waals surface area contributed by atoms with Crippen LogP contribution in [0.2, 0.25) is 0 Å². The third-order valence-corrected chi connectivity index (χ3v) is 4.49. The van der Waals surface area contributed by atoms with Crippen molar-refractivity contribution in [1.29, 1.82) is 0 Å². The Balaban J connectivity index is 1.35. The normalized spacial score (nSPS) is 21.2. The number of nitrogens with zero attached hydrogens (tertiary/aromatic N) is 3. The van der Waals surface area contributed by atoms with Crippen LogP contribution >= 0.6 is 0 Å². The lowest BCUT2D eigenvalue weighted by atomic mass is 10.1. The van der Waals surface area contributed by atoms with Crippen LogP contribution < -0.4 is 10.1 Å². The number of ether oxygens (including phenoxy) is 2. The first-order valence-corrected chi connectivity index (χ1v) is 9.10. The molecule has 0 aliphatic carbocycles. The molecular formula is C18H28N4O3. The zero-order valence-corrected chi connectivity index (χ0v) is 14.9. The standard InChI is InChI=1S/C18H28N4O3/c1-23-16-9-15(11-20-12-16)10-19-6-5-18-21-24-14-17(25-18)13-22-7-3-2-4-8-22/h9,11-12,17,19H,2-8,10,13-14H2,1H3/t17-/m1/s1. The maximum Gasteiger partial charge on any atom is 0.227 e. The van der Waals surface area contributed by atoms with Crippen molar-refractivity contribution in [3.05, 3.63) is 24.0 Å². The molecular weight excluding hydrogens is 320 g/mol. The number of hydrogen-bond donors (Lipinski definition) is 1. The summed E-state index contributed by atoms with van der Waals surface area (Å²) in [6.45, 7) is 5.32. The van der Waals surface area contributed by atoms with Gasteiger partial charge in [0, 0.05) is 32.3 Å². The number of piperidine rings is 1. The lowest BCUT2D eigenvalue weighted by Gasteiger charge is -2.31. The topological polar surface area (TPSA) is 68.2 Å². The van der Waals surface area contributed by atoms with Crippen molar-refractivity contribution in [2.24, 2.45) is 5.16 Å². The Hall–Kier alpha value is -1.86. The number of aromatic nitrogens is 1. The lowest BCUT2D eigenvalue weighted by molar-refractivity contribution is -0.0116. The summed E-state index contributed by atoms with van der Waals surface area (Å²) in [7, 11) is 1.65. The van der Waals surface area contributed by atoms with Gasteiger partial charge < -0.3 is 19.6 Å². The summed E-state index contributed by atoms with van der Waals surface area (Å²) in [6.07, 6.45) is 8.27. The van der Waals surface area contributed by atoms with Gasteiger partial charge in [0.15, 0.2) is 6.61 Å². The zero-order chi connectivity index (χ0) is 17.3. The van der Waals surface area contributed by atoms with E-state index >= 15 is 0 Å². The maximum absolute atomic E-state index is 5.99. The van der Waals surface area contributed by atoms with Gasteiger partial charge in [-0.1, -0.05) is 11.6 Å². The highest BCUT2D eigenvalue weighted by atomic mass is 16.7. The van der Waals surface area contributed by atoms with Crippen LogP contribution in [0.4, 0.5) is 0 Å². The van der Waals surface area contributed by atoms with Crippen molar-refractivity contribution in [3.8, 4) is 5.75 Å². The van der Waals surface area contributed by atoms with Gasteiger partial charge >= 0.3 is 0 Å². The van der Waals surface area contributed by atoms with Gasteiger partial charge in [0.05, 0.1) is 13.3 Å². The van der Waals surface area contributed by atoms with Crippen LogP contribution in [0.25, 0.3) is 0 Å². The van der Waals surface area contributed by atoms with E-state index in [1.165, 1.54) is 32.4 Å². The summed E-state index contributed by atoms with van der Waals surface area (Å²) in [6, 6.07) is 1.98. The van der Waals surface area contributed by atoms with E-state index in [0.29, 0.717) is 18.9 Å². The Bertz CT molecular complexity index is 561. The Morgan fingerprint density at radius 3 is 3.00 bits per heavy atom. The van der Waals surface area contributed by atoms with E-state index in [1.54, 1.807) is 13.3 Å². The average molecular weight is 348 g/mol. The summed E-state index contributed by atoms with van der Waals surface area (Å²) >= 11 is 0. The molecule has 1 fully saturated rings. The predicted octanol–water partition coefficient (Wildman–Crippen LogP) is 1.78. The molecule has 1 N–H and O–H groups in total. The summed E-state index contributed by atoms with van der Waals surface area (Å²) in [5, 5.41) is 7.42. The molecule has 0 aromatic carbocycles. The molecule has 1 aromatic rings. The number of hydrogen-bond acceptors (Lipinski definition) is 7. The number of methoxy groups -OCH3 is 1. The van der Waals surface area contributed by atoms with Crippen molar-refractivity contribution in [1.82, 2.24) is 15.2 Å². The van der Waals surface area contributed by atoms with Crippen molar-refractivity contribution >= 4 is 5.90 Å². The minimum Gasteiger partial charge on any atom is -0.495 e. The predicted molar refractivity (Wildman–Crippen MR) is 95.7 cm³/mol. The molecule has 0 radical (unpaired) electrons. The van der Waals surface area contributed by atoms with E-state index in [2.05, 4.69) is 20.4 Å². The molecule has 1 saturated heterocycles. The fourth-order valence-corrected chi connectivity index (χ4v) is 3.16. The van der Waals surface area contributed by atoms with Gasteiger partial charge in [-0.05, 0) is 37.6 Å². The first-order chi connectivity index (χ1) is 12.3. The highest BCUT2D eigenvalue weighted by Gasteiger charge is 2.23. The van der Waals surface area contributed by atoms with E-state index in [4.69, 9.17) is 14.3 Å². The van der Waals surface area contributed by atoms with Gasteiger partial charge in [0.25, 0.3) is 0 Å². The molecule has 1 aromatic heterocycles. The molecule has 1 atom stereocenters. The van der Waals surface area contributed by atoms with Crippen molar-refractivity contribution in [3.63, 3.8) is 0 Å². The largest absolute Gasteiger partial charge is 0.495 e. The SMILES string of the molecule is COc1cncc(CNCCC2=NOC[C@@H](CN3CCCCC3)O2)c1. The van der Waals surface area contributed by atoms with E-state index in [9.17, 15) is 0 Å². The number of nitrogens with one attached hydrogen (secondary N) is 1. The summed E-state index contributed by atoms with van der Waals surface area (Å²) < 4.78 is 11.2. The van der Waals surface area contributed by atoms with E-state index in [-0.39, 0.29) is 6.10 Å². The molecule has 2 aliphatic heterocycles. The molecule has 0 bridgehead atoms. The van der Waals surface area contributed by atoms with Gasteiger partial charge in [-0.25, -0.2) is 0 Å². The quantitative estimate of drug-likeness (QED) is 0.723. The Morgan fingerprint density at radius 2 is 2.16 bits per heavy atom. The molecule has 7 heteroatoms. The third-order valence-electron chi connectivity index (χ3n) is 4.49. The molecule has 2 aliphatic rings. The molecule has 0 amide bonds. The first kappa shape index (κ1) is 17.9. The zero-order valence-electron chi connectivity index (χ0n) is 14.9. The van der Waals surface area contributed by atoms with E-state index in [1.807, 2.05) is 12.3 Å². The highest BCUT2D eigenvalue weighted by molar-refractivity contribution is 5.76. The van der Waals surface area contributed by atoms with E-state index < -0.39 is 0 Å². The molecule has 25 heavy (non-hydrogen) atoms. The fourth-order valence-electron chi connectivity index (χ4n) is 3.16. The number of rotatable bonds is 8. The molecule has 0 unspecified atom stereocenters. The fraction of sp³-hybridized carbons (Fsp3) is 0.667. The van der Waals surface area contributed by atoms with Gasteiger partial charge in [-0.3, -0.25) is 9.88 Å². The highest BCUT2D eigenvalue weighted by Crippen LogP contribution is 2.13. The summed E-state index contributed by atoms with van der Waals surface area (Å²) in [5.41, 5.74) is 1.09. The minimum absolute atomic E-state index is 0.0909. The molecule has 7 nitrogen and oxygen atoms in total. The molecule has 138 valence electrons. The van der Waals surface area contributed by atoms with Crippen molar-refractivity contribution < 1.29 is 14.3 Å². The van der Waals surface area contributed by atoms with Gasteiger partial charge in [-0.2, -0.15) is 0 Å². The third kappa shape index (κ3) is 5.86.